The predicted molar refractivity (Wildman–Crippen MR) is 75.7 cm³/mol. The van der Waals surface area contributed by atoms with Crippen molar-refractivity contribution in [2.45, 2.75) is 11.8 Å². The van der Waals surface area contributed by atoms with Crippen LogP contribution in [-0.4, -0.2) is 0 Å². The Hall–Kier alpha value is -0.0900. The van der Waals surface area contributed by atoms with Gasteiger partial charge in [-0.15, -0.1) is 22.9 Å². The highest BCUT2D eigenvalue weighted by molar-refractivity contribution is 9.11. The first kappa shape index (κ1) is 13.3. The summed E-state index contributed by atoms with van der Waals surface area (Å²) in [6, 6.07) is 8.23. The van der Waals surface area contributed by atoms with Gasteiger partial charge < -0.3 is 0 Å². The Morgan fingerprint density at radius 1 is 1.29 bits per heavy atom. The van der Waals surface area contributed by atoms with Gasteiger partial charge in [0.2, 0.25) is 0 Å². The van der Waals surface area contributed by atoms with Crippen molar-refractivity contribution in [3.05, 3.63) is 55.4 Å². The summed E-state index contributed by atoms with van der Waals surface area (Å²) in [5, 5.41) is 0.531. The third-order valence-electron chi connectivity index (χ3n) is 2.30. The Bertz CT molecular complexity index is 490. The van der Waals surface area contributed by atoms with E-state index < -0.39 is 0 Å². The molecule has 1 unspecified atom stereocenters. The highest BCUT2D eigenvalue weighted by Gasteiger charge is 2.14. The van der Waals surface area contributed by atoms with Crippen molar-refractivity contribution >= 4 is 50.5 Å². The van der Waals surface area contributed by atoms with Gasteiger partial charge in [0.05, 0.1) is 14.2 Å². The summed E-state index contributed by atoms with van der Waals surface area (Å²) < 4.78 is 13.6. The molecule has 5 heteroatoms. The van der Waals surface area contributed by atoms with Crippen LogP contribution in [0.5, 0.6) is 0 Å². The molecule has 0 spiro atoms. The molecule has 0 nitrogen and oxygen atoms in total. The van der Waals surface area contributed by atoms with Gasteiger partial charge in [0, 0.05) is 4.88 Å². The van der Waals surface area contributed by atoms with Crippen LogP contribution in [0.25, 0.3) is 0 Å². The molecule has 0 amide bonds. The molecule has 2 rings (SSSR count). The molecule has 1 atom stereocenters. The largest absolute Gasteiger partial charge is 0.207 e. The number of thiophene rings is 1. The highest BCUT2D eigenvalue weighted by Crippen LogP contribution is 2.38. The van der Waals surface area contributed by atoms with Gasteiger partial charge in [0.1, 0.15) is 5.82 Å². The maximum Gasteiger partial charge on any atom is 0.123 e. The zero-order chi connectivity index (χ0) is 12.4. The zero-order valence-electron chi connectivity index (χ0n) is 8.59. The Morgan fingerprint density at radius 2 is 1.94 bits per heavy atom. The molecule has 0 saturated carbocycles. The molecule has 90 valence electrons. The fraction of sp³-hybridized carbons (Fsp3) is 0.167. The zero-order valence-corrected chi connectivity index (χ0v) is 12.5. The van der Waals surface area contributed by atoms with Crippen LogP contribution in [0.2, 0.25) is 5.02 Å². The molecule has 0 aliphatic heterocycles. The molecule has 0 aliphatic rings. The fourth-order valence-corrected chi connectivity index (χ4v) is 3.55. The number of halogens is 4. The van der Waals surface area contributed by atoms with E-state index in [2.05, 4.69) is 15.9 Å². The lowest BCUT2D eigenvalue weighted by Gasteiger charge is -2.06. The average molecular weight is 354 g/mol. The van der Waals surface area contributed by atoms with E-state index >= 15 is 0 Å². The maximum absolute atomic E-state index is 12.7. The Labute approximate surface area is 121 Å². The quantitative estimate of drug-likeness (QED) is 0.609. The number of benzene rings is 1. The van der Waals surface area contributed by atoms with E-state index in [0.29, 0.717) is 11.4 Å². The van der Waals surface area contributed by atoms with E-state index in [1.54, 1.807) is 12.1 Å². The van der Waals surface area contributed by atoms with Crippen molar-refractivity contribution in [3.8, 4) is 0 Å². The molecular formula is C12H8BrCl2FS. The van der Waals surface area contributed by atoms with Gasteiger partial charge >= 0.3 is 0 Å². The molecule has 1 aromatic heterocycles. The average Bonchev–Trinajstić information content (AvgIpc) is 2.63. The number of hydrogen-bond donors (Lipinski definition) is 0. The second-order valence-electron chi connectivity index (χ2n) is 3.57. The predicted octanol–water partition coefficient (Wildman–Crippen LogP) is 5.83. The molecule has 0 fully saturated rings. The monoisotopic (exact) mass is 352 g/mol. The molecule has 17 heavy (non-hydrogen) atoms. The number of hydrogen-bond acceptors (Lipinski definition) is 1. The summed E-state index contributed by atoms with van der Waals surface area (Å²) in [5.74, 6) is -0.234. The van der Waals surface area contributed by atoms with E-state index in [9.17, 15) is 4.39 Å². The van der Waals surface area contributed by atoms with E-state index in [1.165, 1.54) is 23.5 Å². The van der Waals surface area contributed by atoms with Crippen LogP contribution in [0.4, 0.5) is 4.39 Å². The van der Waals surface area contributed by atoms with Crippen molar-refractivity contribution in [2.75, 3.05) is 0 Å². The normalized spacial score (nSPS) is 12.7. The van der Waals surface area contributed by atoms with Gasteiger partial charge in [-0.1, -0.05) is 23.7 Å². The summed E-state index contributed by atoms with van der Waals surface area (Å²) in [7, 11) is 0. The van der Waals surface area contributed by atoms with Gasteiger partial charge in [-0.2, -0.15) is 0 Å². The molecular weight excluding hydrogens is 346 g/mol. The van der Waals surface area contributed by atoms with Crippen molar-refractivity contribution in [1.29, 1.82) is 0 Å². The molecule has 0 bridgehead atoms. The van der Waals surface area contributed by atoms with Gasteiger partial charge in [0.25, 0.3) is 0 Å². The molecule has 0 saturated heterocycles. The van der Waals surface area contributed by atoms with Crippen molar-refractivity contribution < 1.29 is 4.39 Å². The molecule has 1 heterocycles. The first-order chi connectivity index (χ1) is 8.06. The summed E-state index contributed by atoms with van der Waals surface area (Å²) in [4.78, 5) is 1.01. The Balaban J connectivity index is 2.11. The highest BCUT2D eigenvalue weighted by atomic mass is 79.9. The summed E-state index contributed by atoms with van der Waals surface area (Å²) in [6.45, 7) is 0. The maximum atomic E-state index is 12.7. The van der Waals surface area contributed by atoms with E-state index in [-0.39, 0.29) is 11.2 Å². The van der Waals surface area contributed by atoms with E-state index in [0.717, 1.165) is 14.2 Å². The van der Waals surface area contributed by atoms with E-state index in [1.807, 2.05) is 6.07 Å². The number of alkyl halides is 1. The van der Waals surface area contributed by atoms with Crippen molar-refractivity contribution in [1.82, 2.24) is 0 Å². The molecule has 0 radical (unpaired) electrons. The van der Waals surface area contributed by atoms with Gasteiger partial charge in [-0.05, 0) is 46.1 Å². The third kappa shape index (κ3) is 3.44. The van der Waals surface area contributed by atoms with Crippen LogP contribution < -0.4 is 0 Å². The van der Waals surface area contributed by atoms with Gasteiger partial charge in [0.15, 0.2) is 0 Å². The van der Waals surface area contributed by atoms with Crippen LogP contribution in [0, 0.1) is 5.82 Å². The minimum absolute atomic E-state index is 0.144. The molecule has 2 aromatic rings. The van der Waals surface area contributed by atoms with Gasteiger partial charge in [-0.3, -0.25) is 0 Å². The summed E-state index contributed by atoms with van der Waals surface area (Å²) in [5.41, 5.74) is 1.01. The minimum Gasteiger partial charge on any atom is -0.207 e. The molecule has 0 N–H and O–H groups in total. The first-order valence-corrected chi connectivity index (χ1v) is 7.32. The van der Waals surface area contributed by atoms with Crippen molar-refractivity contribution in [3.63, 3.8) is 0 Å². The number of rotatable bonds is 3. The SMILES string of the molecule is Fc1ccc(CC(Cl)c2cc(Cl)c(Br)s2)cc1. The van der Waals surface area contributed by atoms with Gasteiger partial charge in [-0.25, -0.2) is 4.39 Å². The second kappa shape index (κ2) is 5.70. The van der Waals surface area contributed by atoms with Crippen LogP contribution >= 0.6 is 50.5 Å². The van der Waals surface area contributed by atoms with Crippen LogP contribution in [0.1, 0.15) is 15.8 Å². The first-order valence-electron chi connectivity index (χ1n) is 4.89. The summed E-state index contributed by atoms with van der Waals surface area (Å²) in [6.07, 6.45) is 0.658. The Morgan fingerprint density at radius 3 is 2.47 bits per heavy atom. The van der Waals surface area contributed by atoms with Crippen LogP contribution in [0.15, 0.2) is 34.1 Å². The van der Waals surface area contributed by atoms with Crippen LogP contribution in [-0.2, 0) is 6.42 Å². The minimum atomic E-state index is -0.234. The fourth-order valence-electron chi connectivity index (χ4n) is 1.45. The lowest BCUT2D eigenvalue weighted by Crippen LogP contribution is -1.93. The molecule has 1 aromatic carbocycles. The lowest BCUT2D eigenvalue weighted by atomic mass is 10.1. The summed E-state index contributed by atoms with van der Waals surface area (Å²) >= 11 is 17.1. The topological polar surface area (TPSA) is 0 Å². The lowest BCUT2D eigenvalue weighted by molar-refractivity contribution is 0.627. The Kier molecular flexibility index (Phi) is 4.47. The van der Waals surface area contributed by atoms with E-state index in [4.69, 9.17) is 23.2 Å². The van der Waals surface area contributed by atoms with Crippen LogP contribution in [0.3, 0.4) is 0 Å². The third-order valence-corrected chi connectivity index (χ3v) is 5.41. The molecule has 0 aliphatic carbocycles. The smallest absolute Gasteiger partial charge is 0.123 e. The second-order valence-corrected chi connectivity index (χ2v) is 6.90. The van der Waals surface area contributed by atoms with Crippen molar-refractivity contribution in [2.24, 2.45) is 0 Å². The standard InChI is InChI=1S/C12H8BrCl2FS/c13-12-10(15)6-11(17-12)9(14)5-7-1-3-8(16)4-2-7/h1-4,6,9H,5H2.